The standard InChI is InChI=1S/C15H28N2O2/c18-15(19)13-5-7-14(8-6-13)16-9-1-2-10-17-11-3-4-12-17/h13-14,16H,1-12H2,(H,18,19). The molecule has 0 aromatic carbocycles. The molecule has 19 heavy (non-hydrogen) atoms. The van der Waals surface area contributed by atoms with Gasteiger partial charge < -0.3 is 15.3 Å². The number of likely N-dealkylation sites (tertiary alicyclic amines) is 1. The van der Waals surface area contributed by atoms with Crippen molar-refractivity contribution >= 4 is 5.97 Å². The molecule has 0 amide bonds. The Bertz CT molecular complexity index is 269. The maximum Gasteiger partial charge on any atom is 0.306 e. The number of hydrogen-bond acceptors (Lipinski definition) is 3. The molecule has 0 unspecified atom stereocenters. The second-order valence-electron chi connectivity index (χ2n) is 6.10. The highest BCUT2D eigenvalue weighted by Crippen LogP contribution is 2.24. The number of hydrogen-bond donors (Lipinski definition) is 2. The number of unbranched alkanes of at least 4 members (excludes halogenated alkanes) is 1. The molecule has 2 N–H and O–H groups in total. The maximum absolute atomic E-state index is 10.9. The highest BCUT2D eigenvalue weighted by molar-refractivity contribution is 5.70. The van der Waals surface area contributed by atoms with Crippen LogP contribution in [0.5, 0.6) is 0 Å². The fourth-order valence-electron chi connectivity index (χ4n) is 3.32. The lowest BCUT2D eigenvalue weighted by atomic mass is 9.86. The van der Waals surface area contributed by atoms with Gasteiger partial charge in [0.2, 0.25) is 0 Å². The fraction of sp³-hybridized carbons (Fsp3) is 0.933. The summed E-state index contributed by atoms with van der Waals surface area (Å²) in [4.78, 5) is 13.4. The lowest BCUT2D eigenvalue weighted by Gasteiger charge is -2.27. The number of carboxylic acids is 1. The van der Waals surface area contributed by atoms with Crippen molar-refractivity contribution in [2.75, 3.05) is 26.2 Å². The van der Waals surface area contributed by atoms with Crippen molar-refractivity contribution in [2.45, 2.75) is 57.4 Å². The topological polar surface area (TPSA) is 52.6 Å². The van der Waals surface area contributed by atoms with Gasteiger partial charge in [-0.2, -0.15) is 0 Å². The molecule has 1 heterocycles. The van der Waals surface area contributed by atoms with E-state index in [0.717, 1.165) is 32.2 Å². The zero-order valence-corrected chi connectivity index (χ0v) is 11.9. The first kappa shape index (κ1) is 14.8. The summed E-state index contributed by atoms with van der Waals surface area (Å²) < 4.78 is 0. The second-order valence-corrected chi connectivity index (χ2v) is 6.10. The van der Waals surface area contributed by atoms with Crippen LogP contribution in [-0.2, 0) is 4.79 Å². The summed E-state index contributed by atoms with van der Waals surface area (Å²) in [5.74, 6) is -0.697. The van der Waals surface area contributed by atoms with Crippen LogP contribution in [0.15, 0.2) is 0 Å². The van der Waals surface area contributed by atoms with Gasteiger partial charge in [0, 0.05) is 6.04 Å². The van der Waals surface area contributed by atoms with Crippen LogP contribution in [-0.4, -0.2) is 48.2 Å². The van der Waals surface area contributed by atoms with E-state index in [4.69, 9.17) is 5.11 Å². The van der Waals surface area contributed by atoms with Gasteiger partial charge in [-0.25, -0.2) is 0 Å². The van der Waals surface area contributed by atoms with Gasteiger partial charge in [-0.15, -0.1) is 0 Å². The molecule has 1 aliphatic heterocycles. The van der Waals surface area contributed by atoms with E-state index in [9.17, 15) is 4.79 Å². The molecule has 2 rings (SSSR count). The molecular weight excluding hydrogens is 240 g/mol. The normalized spacial score (nSPS) is 28.6. The molecule has 110 valence electrons. The summed E-state index contributed by atoms with van der Waals surface area (Å²) in [5.41, 5.74) is 0. The molecule has 0 aromatic rings. The Morgan fingerprint density at radius 1 is 1.11 bits per heavy atom. The SMILES string of the molecule is O=C(O)C1CCC(NCCCCN2CCCC2)CC1. The van der Waals surface area contributed by atoms with Gasteiger partial charge in [0.05, 0.1) is 5.92 Å². The summed E-state index contributed by atoms with van der Waals surface area (Å²) in [5, 5.41) is 12.5. The zero-order valence-electron chi connectivity index (χ0n) is 11.9. The maximum atomic E-state index is 10.9. The van der Waals surface area contributed by atoms with E-state index < -0.39 is 5.97 Å². The predicted molar refractivity (Wildman–Crippen MR) is 76.3 cm³/mol. The Hall–Kier alpha value is -0.610. The summed E-state index contributed by atoms with van der Waals surface area (Å²) >= 11 is 0. The third kappa shape index (κ3) is 5.11. The van der Waals surface area contributed by atoms with Crippen LogP contribution in [0, 0.1) is 5.92 Å². The Morgan fingerprint density at radius 2 is 1.79 bits per heavy atom. The molecule has 1 saturated heterocycles. The first-order chi connectivity index (χ1) is 9.25. The first-order valence-electron chi connectivity index (χ1n) is 7.94. The van der Waals surface area contributed by atoms with Crippen LogP contribution < -0.4 is 5.32 Å². The molecule has 0 atom stereocenters. The largest absolute Gasteiger partial charge is 0.481 e. The number of carboxylic acid groups (broad SMARTS) is 1. The smallest absolute Gasteiger partial charge is 0.306 e. The summed E-state index contributed by atoms with van der Waals surface area (Å²) in [6.07, 6.45) is 9.05. The van der Waals surface area contributed by atoms with Crippen LogP contribution in [0.4, 0.5) is 0 Å². The van der Waals surface area contributed by atoms with Gasteiger partial charge in [-0.3, -0.25) is 4.79 Å². The van der Waals surface area contributed by atoms with Crippen molar-refractivity contribution in [3.05, 3.63) is 0 Å². The third-order valence-electron chi connectivity index (χ3n) is 4.61. The molecule has 1 saturated carbocycles. The van der Waals surface area contributed by atoms with E-state index >= 15 is 0 Å². The van der Waals surface area contributed by atoms with Crippen molar-refractivity contribution in [1.29, 1.82) is 0 Å². The molecular formula is C15H28N2O2. The van der Waals surface area contributed by atoms with E-state index in [1.54, 1.807) is 0 Å². The van der Waals surface area contributed by atoms with Crippen LogP contribution in [0.1, 0.15) is 51.4 Å². The van der Waals surface area contributed by atoms with Crippen LogP contribution in [0.25, 0.3) is 0 Å². The molecule has 4 heteroatoms. The summed E-state index contributed by atoms with van der Waals surface area (Å²) in [7, 11) is 0. The van der Waals surface area contributed by atoms with Crippen LogP contribution >= 0.6 is 0 Å². The molecule has 0 bridgehead atoms. The van der Waals surface area contributed by atoms with E-state index in [0.29, 0.717) is 6.04 Å². The molecule has 2 fully saturated rings. The average molecular weight is 268 g/mol. The third-order valence-corrected chi connectivity index (χ3v) is 4.61. The van der Waals surface area contributed by atoms with Crippen molar-refractivity contribution < 1.29 is 9.90 Å². The first-order valence-corrected chi connectivity index (χ1v) is 7.94. The van der Waals surface area contributed by atoms with Gasteiger partial charge >= 0.3 is 5.97 Å². The number of rotatable bonds is 7. The monoisotopic (exact) mass is 268 g/mol. The quantitative estimate of drug-likeness (QED) is 0.694. The lowest BCUT2D eigenvalue weighted by molar-refractivity contribution is -0.142. The molecule has 4 nitrogen and oxygen atoms in total. The second kappa shape index (κ2) is 7.85. The fourth-order valence-corrected chi connectivity index (χ4v) is 3.32. The van der Waals surface area contributed by atoms with E-state index in [-0.39, 0.29) is 5.92 Å². The van der Waals surface area contributed by atoms with E-state index in [1.165, 1.54) is 45.3 Å². The Kier molecular flexibility index (Phi) is 6.11. The Morgan fingerprint density at radius 3 is 2.42 bits per heavy atom. The summed E-state index contributed by atoms with van der Waals surface area (Å²) in [6.45, 7) is 4.95. The van der Waals surface area contributed by atoms with E-state index in [2.05, 4.69) is 10.2 Å². The van der Waals surface area contributed by atoms with E-state index in [1.807, 2.05) is 0 Å². The van der Waals surface area contributed by atoms with Crippen molar-refractivity contribution in [3.63, 3.8) is 0 Å². The van der Waals surface area contributed by atoms with Crippen LogP contribution in [0.3, 0.4) is 0 Å². The molecule has 0 spiro atoms. The highest BCUT2D eigenvalue weighted by atomic mass is 16.4. The lowest BCUT2D eigenvalue weighted by Crippen LogP contribution is -2.35. The Balaban J connectivity index is 1.46. The molecule has 2 aliphatic rings. The molecule has 1 aliphatic carbocycles. The minimum absolute atomic E-state index is 0.0896. The number of nitrogens with one attached hydrogen (secondary N) is 1. The average Bonchev–Trinajstić information content (AvgIpc) is 2.92. The van der Waals surface area contributed by atoms with Crippen LogP contribution in [0.2, 0.25) is 0 Å². The van der Waals surface area contributed by atoms with Gasteiger partial charge in [0.25, 0.3) is 0 Å². The molecule has 0 radical (unpaired) electrons. The zero-order chi connectivity index (χ0) is 13.5. The Labute approximate surface area is 116 Å². The predicted octanol–water partition coefficient (Wildman–Crippen LogP) is 2.10. The number of nitrogens with zero attached hydrogens (tertiary/aromatic N) is 1. The minimum Gasteiger partial charge on any atom is -0.481 e. The minimum atomic E-state index is -0.607. The van der Waals surface area contributed by atoms with Gasteiger partial charge in [0.1, 0.15) is 0 Å². The van der Waals surface area contributed by atoms with Crippen molar-refractivity contribution in [2.24, 2.45) is 5.92 Å². The number of carbonyl (C=O) groups is 1. The number of aliphatic carboxylic acids is 1. The summed E-state index contributed by atoms with van der Waals surface area (Å²) in [6, 6.07) is 0.558. The van der Waals surface area contributed by atoms with Gasteiger partial charge in [-0.1, -0.05) is 0 Å². The van der Waals surface area contributed by atoms with Gasteiger partial charge in [0.15, 0.2) is 0 Å². The van der Waals surface area contributed by atoms with Gasteiger partial charge in [-0.05, 0) is 77.5 Å². The van der Waals surface area contributed by atoms with Crippen molar-refractivity contribution in [1.82, 2.24) is 10.2 Å². The molecule has 0 aromatic heterocycles. The van der Waals surface area contributed by atoms with Crippen molar-refractivity contribution in [3.8, 4) is 0 Å². The highest BCUT2D eigenvalue weighted by Gasteiger charge is 2.25.